The van der Waals surface area contributed by atoms with Crippen molar-refractivity contribution in [2.75, 3.05) is 13.1 Å². The Balaban J connectivity index is 1.77. The number of hydrogen-bond acceptors (Lipinski definition) is 3. The Kier molecular flexibility index (Phi) is 3.55. The van der Waals surface area contributed by atoms with Gasteiger partial charge in [0.05, 0.1) is 10.6 Å². The average molecular weight is 266 g/mol. The minimum atomic E-state index is 0.245. The van der Waals surface area contributed by atoms with Gasteiger partial charge in [-0.1, -0.05) is 12.8 Å². The largest absolute Gasteiger partial charge is 0.393 e. The van der Waals surface area contributed by atoms with E-state index in [0.717, 1.165) is 43.0 Å². The first kappa shape index (κ1) is 12.4. The van der Waals surface area contributed by atoms with Gasteiger partial charge in [-0.15, -0.1) is 11.8 Å². The molecule has 2 N–H and O–H groups in total. The van der Waals surface area contributed by atoms with E-state index in [9.17, 15) is 4.79 Å². The Morgan fingerprint density at radius 2 is 1.83 bits per heavy atom. The Labute approximate surface area is 113 Å². The maximum absolute atomic E-state index is 12.6. The van der Waals surface area contributed by atoms with Gasteiger partial charge in [-0.3, -0.25) is 4.79 Å². The van der Waals surface area contributed by atoms with Crippen LogP contribution in [0.3, 0.4) is 0 Å². The average Bonchev–Trinajstić information content (AvgIpc) is 2.75. The molecule has 1 saturated heterocycles. The first-order valence-corrected chi connectivity index (χ1v) is 8.11. The van der Waals surface area contributed by atoms with Gasteiger partial charge >= 0.3 is 0 Å². The van der Waals surface area contributed by atoms with Gasteiger partial charge in [0.25, 0.3) is 5.91 Å². The number of hydrogen-bond donors (Lipinski definition) is 1. The van der Waals surface area contributed by atoms with Crippen LogP contribution in [0.1, 0.15) is 44.9 Å². The SMILES string of the molecule is NC1=C(C(=O)N2CCCCC2)[C@H]2CCCC[C@@H]2S1. The number of likely N-dealkylation sites (tertiary alicyclic amines) is 1. The molecule has 100 valence electrons. The van der Waals surface area contributed by atoms with Crippen molar-refractivity contribution in [3.63, 3.8) is 0 Å². The molecule has 3 nitrogen and oxygen atoms in total. The summed E-state index contributed by atoms with van der Waals surface area (Å²) in [7, 11) is 0. The molecule has 2 heterocycles. The van der Waals surface area contributed by atoms with Gasteiger partial charge < -0.3 is 10.6 Å². The lowest BCUT2D eigenvalue weighted by atomic mass is 9.83. The van der Waals surface area contributed by atoms with E-state index >= 15 is 0 Å². The van der Waals surface area contributed by atoms with Crippen molar-refractivity contribution < 1.29 is 4.79 Å². The first-order chi connectivity index (χ1) is 8.77. The van der Waals surface area contributed by atoms with E-state index in [0.29, 0.717) is 11.2 Å². The second kappa shape index (κ2) is 5.16. The van der Waals surface area contributed by atoms with Crippen LogP contribution in [-0.2, 0) is 4.79 Å². The Hall–Kier alpha value is -0.640. The van der Waals surface area contributed by atoms with Crippen molar-refractivity contribution in [3.05, 3.63) is 10.6 Å². The zero-order valence-corrected chi connectivity index (χ0v) is 11.7. The fourth-order valence-corrected chi connectivity index (χ4v) is 4.92. The standard InChI is InChI=1S/C14H22N2OS/c15-13-12(10-6-2-3-7-11(10)18-13)14(17)16-8-4-1-5-9-16/h10-11H,1-9,15H2/t10-,11-/m0/s1. The topological polar surface area (TPSA) is 46.3 Å². The Morgan fingerprint density at radius 3 is 2.61 bits per heavy atom. The minimum absolute atomic E-state index is 0.245. The summed E-state index contributed by atoms with van der Waals surface area (Å²) in [5, 5.41) is 1.41. The van der Waals surface area contributed by atoms with Crippen LogP contribution < -0.4 is 5.73 Å². The summed E-state index contributed by atoms with van der Waals surface area (Å²) >= 11 is 1.76. The maximum Gasteiger partial charge on any atom is 0.252 e. The molecule has 2 atom stereocenters. The summed E-state index contributed by atoms with van der Waals surface area (Å²) < 4.78 is 0. The summed E-state index contributed by atoms with van der Waals surface area (Å²) in [4.78, 5) is 14.7. The number of carbonyl (C=O) groups is 1. The Morgan fingerprint density at radius 1 is 1.11 bits per heavy atom. The van der Waals surface area contributed by atoms with Gasteiger partial charge in [-0.2, -0.15) is 0 Å². The van der Waals surface area contributed by atoms with E-state index in [4.69, 9.17) is 5.73 Å². The van der Waals surface area contributed by atoms with Crippen LogP contribution in [0, 0.1) is 5.92 Å². The predicted octanol–water partition coefficient (Wildman–Crippen LogP) is 2.47. The lowest BCUT2D eigenvalue weighted by Gasteiger charge is -2.31. The summed E-state index contributed by atoms with van der Waals surface area (Å²) in [5.74, 6) is 0.687. The molecule has 2 fully saturated rings. The molecule has 1 saturated carbocycles. The van der Waals surface area contributed by atoms with Gasteiger partial charge in [0.1, 0.15) is 0 Å². The third kappa shape index (κ3) is 2.15. The molecule has 0 aromatic heterocycles. The van der Waals surface area contributed by atoms with E-state index in [1.807, 2.05) is 4.90 Å². The molecule has 0 unspecified atom stereocenters. The molecule has 0 aromatic rings. The number of rotatable bonds is 1. The van der Waals surface area contributed by atoms with Crippen LogP contribution in [0.5, 0.6) is 0 Å². The number of nitrogens with zero attached hydrogens (tertiary/aromatic N) is 1. The molecule has 0 radical (unpaired) electrons. The number of nitrogens with two attached hydrogens (primary N) is 1. The maximum atomic E-state index is 12.6. The van der Waals surface area contributed by atoms with Crippen molar-refractivity contribution in [2.45, 2.75) is 50.2 Å². The highest BCUT2D eigenvalue weighted by molar-refractivity contribution is 8.03. The zero-order chi connectivity index (χ0) is 12.5. The van der Waals surface area contributed by atoms with Crippen molar-refractivity contribution in [1.82, 2.24) is 4.90 Å². The van der Waals surface area contributed by atoms with Crippen LogP contribution in [0.25, 0.3) is 0 Å². The quantitative estimate of drug-likeness (QED) is 0.793. The zero-order valence-electron chi connectivity index (χ0n) is 10.9. The highest BCUT2D eigenvalue weighted by Gasteiger charge is 2.40. The lowest BCUT2D eigenvalue weighted by molar-refractivity contribution is -0.128. The number of piperidine rings is 1. The molecule has 3 rings (SSSR count). The molecule has 0 aromatic carbocycles. The predicted molar refractivity (Wildman–Crippen MR) is 75.0 cm³/mol. The molecule has 3 aliphatic rings. The third-order valence-electron chi connectivity index (χ3n) is 4.49. The summed E-state index contributed by atoms with van der Waals surface area (Å²) in [6, 6.07) is 0. The number of carbonyl (C=O) groups excluding carboxylic acids is 1. The highest BCUT2D eigenvalue weighted by Crippen LogP contribution is 2.47. The second-order valence-corrected chi connectivity index (χ2v) is 6.96. The molecule has 1 aliphatic carbocycles. The molecule has 2 aliphatic heterocycles. The van der Waals surface area contributed by atoms with Crippen LogP contribution in [0.4, 0.5) is 0 Å². The van der Waals surface area contributed by atoms with Gasteiger partial charge in [-0.25, -0.2) is 0 Å². The van der Waals surface area contributed by atoms with Gasteiger partial charge in [-0.05, 0) is 32.1 Å². The van der Waals surface area contributed by atoms with E-state index < -0.39 is 0 Å². The monoisotopic (exact) mass is 266 g/mol. The summed E-state index contributed by atoms with van der Waals surface area (Å²) in [5.41, 5.74) is 7.11. The van der Waals surface area contributed by atoms with E-state index in [2.05, 4.69) is 0 Å². The van der Waals surface area contributed by atoms with E-state index in [-0.39, 0.29) is 5.91 Å². The number of fused-ring (bicyclic) bond motifs is 1. The summed E-state index contributed by atoms with van der Waals surface area (Å²) in [6.07, 6.45) is 8.51. The second-order valence-electron chi connectivity index (χ2n) is 5.68. The van der Waals surface area contributed by atoms with Gasteiger partial charge in [0.2, 0.25) is 0 Å². The van der Waals surface area contributed by atoms with Gasteiger partial charge in [0, 0.05) is 24.3 Å². The smallest absolute Gasteiger partial charge is 0.252 e. The van der Waals surface area contributed by atoms with Crippen molar-refractivity contribution in [3.8, 4) is 0 Å². The molecule has 1 amide bonds. The van der Waals surface area contributed by atoms with Crippen molar-refractivity contribution in [1.29, 1.82) is 0 Å². The molecule has 18 heavy (non-hydrogen) atoms. The van der Waals surface area contributed by atoms with Crippen molar-refractivity contribution >= 4 is 17.7 Å². The molecular formula is C14H22N2OS. The lowest BCUT2D eigenvalue weighted by Crippen LogP contribution is -2.39. The molecule has 0 spiro atoms. The minimum Gasteiger partial charge on any atom is -0.393 e. The molecule has 0 bridgehead atoms. The van der Waals surface area contributed by atoms with Crippen LogP contribution in [0.2, 0.25) is 0 Å². The number of amides is 1. The highest BCUT2D eigenvalue weighted by atomic mass is 32.2. The van der Waals surface area contributed by atoms with E-state index in [1.54, 1.807) is 11.8 Å². The normalized spacial score (nSPS) is 32.6. The van der Waals surface area contributed by atoms with Crippen LogP contribution in [0.15, 0.2) is 10.6 Å². The van der Waals surface area contributed by atoms with Crippen LogP contribution >= 0.6 is 11.8 Å². The Bertz CT molecular complexity index is 374. The fraction of sp³-hybridized carbons (Fsp3) is 0.786. The van der Waals surface area contributed by atoms with E-state index in [1.165, 1.54) is 25.7 Å². The first-order valence-electron chi connectivity index (χ1n) is 7.23. The van der Waals surface area contributed by atoms with Gasteiger partial charge in [0.15, 0.2) is 0 Å². The van der Waals surface area contributed by atoms with Crippen LogP contribution in [-0.4, -0.2) is 29.1 Å². The molecular weight excluding hydrogens is 244 g/mol. The number of thioether (sulfide) groups is 1. The fourth-order valence-electron chi connectivity index (χ4n) is 3.51. The van der Waals surface area contributed by atoms with Crippen molar-refractivity contribution in [2.24, 2.45) is 11.7 Å². The summed E-state index contributed by atoms with van der Waals surface area (Å²) in [6.45, 7) is 1.86. The third-order valence-corrected chi connectivity index (χ3v) is 5.83. The molecule has 4 heteroatoms.